The van der Waals surface area contributed by atoms with Crippen molar-refractivity contribution < 1.29 is 9.53 Å². The van der Waals surface area contributed by atoms with Crippen molar-refractivity contribution >= 4 is 5.91 Å². The van der Waals surface area contributed by atoms with E-state index in [1.807, 2.05) is 27.8 Å². The van der Waals surface area contributed by atoms with Gasteiger partial charge in [0.25, 0.3) is 0 Å². The Hall–Kier alpha value is -0.650. The van der Waals surface area contributed by atoms with Crippen LogP contribution in [-0.4, -0.2) is 62.8 Å². The second kappa shape index (κ2) is 9.28. The summed E-state index contributed by atoms with van der Waals surface area (Å²) < 4.78 is 5.02. The van der Waals surface area contributed by atoms with Crippen LogP contribution in [0.5, 0.6) is 0 Å². The second-order valence-electron chi connectivity index (χ2n) is 5.70. The van der Waals surface area contributed by atoms with Gasteiger partial charge >= 0.3 is 0 Å². The summed E-state index contributed by atoms with van der Waals surface area (Å²) >= 11 is 0. The van der Waals surface area contributed by atoms with Gasteiger partial charge in [0.1, 0.15) is 0 Å². The number of hydrogen-bond donors (Lipinski definition) is 2. The molecule has 2 N–H and O–H groups in total. The first kappa shape index (κ1) is 18.4. The maximum atomic E-state index is 12.0. The van der Waals surface area contributed by atoms with Crippen LogP contribution in [0.25, 0.3) is 0 Å². The minimum atomic E-state index is -0.165. The molecule has 1 unspecified atom stereocenters. The van der Waals surface area contributed by atoms with Crippen molar-refractivity contribution in [3.8, 4) is 0 Å². The van der Waals surface area contributed by atoms with Gasteiger partial charge in [0.15, 0.2) is 0 Å². The second-order valence-corrected chi connectivity index (χ2v) is 5.70. The van der Waals surface area contributed by atoms with E-state index in [-0.39, 0.29) is 17.5 Å². The molecule has 0 aliphatic carbocycles. The molecule has 5 heteroatoms. The van der Waals surface area contributed by atoms with E-state index in [0.29, 0.717) is 0 Å². The summed E-state index contributed by atoms with van der Waals surface area (Å²) in [6.45, 7) is 11.4. The SMILES string of the molecule is CCC(C)(C)NC(=O)C(C)NCCN(C)CCOC. The fourth-order valence-electron chi connectivity index (χ4n) is 1.45. The minimum absolute atomic E-state index is 0.0615. The molecular formula is C14H31N3O2. The summed E-state index contributed by atoms with van der Waals surface area (Å²) in [5.41, 5.74) is -0.137. The highest BCUT2D eigenvalue weighted by atomic mass is 16.5. The van der Waals surface area contributed by atoms with Crippen molar-refractivity contribution in [3.63, 3.8) is 0 Å². The van der Waals surface area contributed by atoms with Gasteiger partial charge in [-0.25, -0.2) is 0 Å². The quantitative estimate of drug-likeness (QED) is 0.619. The third-order valence-corrected chi connectivity index (χ3v) is 3.36. The van der Waals surface area contributed by atoms with E-state index in [0.717, 1.165) is 32.7 Å². The molecule has 1 atom stereocenters. The van der Waals surface area contributed by atoms with Crippen molar-refractivity contribution in [2.75, 3.05) is 40.4 Å². The summed E-state index contributed by atoms with van der Waals surface area (Å²) in [7, 11) is 3.75. The predicted molar refractivity (Wildman–Crippen MR) is 79.4 cm³/mol. The molecule has 0 spiro atoms. The van der Waals surface area contributed by atoms with Crippen LogP contribution in [0.15, 0.2) is 0 Å². The number of methoxy groups -OCH3 is 1. The lowest BCUT2D eigenvalue weighted by atomic mass is 10.0. The smallest absolute Gasteiger partial charge is 0.237 e. The molecule has 0 aromatic carbocycles. The highest BCUT2D eigenvalue weighted by Gasteiger charge is 2.21. The van der Waals surface area contributed by atoms with Crippen molar-refractivity contribution in [1.29, 1.82) is 0 Å². The Balaban J connectivity index is 3.85. The van der Waals surface area contributed by atoms with E-state index in [2.05, 4.69) is 22.5 Å². The molecule has 0 saturated carbocycles. The standard InChI is InChI=1S/C14H31N3O2/c1-7-14(3,4)16-13(18)12(2)15-8-9-17(5)10-11-19-6/h12,15H,7-11H2,1-6H3,(H,16,18). The van der Waals surface area contributed by atoms with Gasteiger partial charge in [0.2, 0.25) is 5.91 Å². The Morgan fingerprint density at radius 1 is 1.37 bits per heavy atom. The Bertz CT molecular complexity index is 257. The molecule has 0 rings (SSSR count). The van der Waals surface area contributed by atoms with Crippen LogP contribution in [0.1, 0.15) is 34.1 Å². The van der Waals surface area contributed by atoms with Gasteiger partial charge in [-0.2, -0.15) is 0 Å². The predicted octanol–water partition coefficient (Wildman–Crippen LogP) is 0.848. The lowest BCUT2D eigenvalue weighted by molar-refractivity contribution is -0.124. The van der Waals surface area contributed by atoms with Crippen LogP contribution >= 0.6 is 0 Å². The molecule has 0 aromatic rings. The van der Waals surface area contributed by atoms with Crippen LogP contribution < -0.4 is 10.6 Å². The number of amides is 1. The van der Waals surface area contributed by atoms with Crippen molar-refractivity contribution in [2.24, 2.45) is 0 Å². The molecule has 0 saturated heterocycles. The molecule has 19 heavy (non-hydrogen) atoms. The number of hydrogen-bond acceptors (Lipinski definition) is 4. The van der Waals surface area contributed by atoms with Crippen molar-refractivity contribution in [1.82, 2.24) is 15.5 Å². The van der Waals surface area contributed by atoms with E-state index in [9.17, 15) is 4.79 Å². The number of rotatable bonds is 10. The van der Waals surface area contributed by atoms with Gasteiger partial charge < -0.3 is 20.3 Å². The molecule has 0 heterocycles. The lowest BCUT2D eigenvalue weighted by Gasteiger charge is -2.27. The van der Waals surface area contributed by atoms with Crippen LogP contribution in [0, 0.1) is 0 Å². The molecule has 0 aliphatic rings. The Kier molecular flexibility index (Phi) is 8.97. The van der Waals surface area contributed by atoms with Gasteiger partial charge in [-0.3, -0.25) is 4.79 Å². The molecule has 0 aromatic heterocycles. The molecular weight excluding hydrogens is 242 g/mol. The monoisotopic (exact) mass is 273 g/mol. The Morgan fingerprint density at radius 3 is 2.53 bits per heavy atom. The molecule has 0 bridgehead atoms. The molecule has 0 fully saturated rings. The Morgan fingerprint density at radius 2 is 2.00 bits per heavy atom. The highest BCUT2D eigenvalue weighted by Crippen LogP contribution is 2.06. The summed E-state index contributed by atoms with van der Waals surface area (Å²) in [5, 5.41) is 6.28. The zero-order valence-corrected chi connectivity index (χ0v) is 13.4. The average molecular weight is 273 g/mol. The molecule has 5 nitrogen and oxygen atoms in total. The van der Waals surface area contributed by atoms with Crippen LogP contribution in [0.4, 0.5) is 0 Å². The third-order valence-electron chi connectivity index (χ3n) is 3.36. The molecule has 1 amide bonds. The van der Waals surface area contributed by atoms with Crippen LogP contribution in [0.3, 0.4) is 0 Å². The first-order chi connectivity index (χ1) is 8.82. The number of carbonyl (C=O) groups is 1. The van der Waals surface area contributed by atoms with Crippen molar-refractivity contribution in [2.45, 2.75) is 45.7 Å². The zero-order chi connectivity index (χ0) is 14.9. The maximum absolute atomic E-state index is 12.0. The van der Waals surface area contributed by atoms with Crippen LogP contribution in [-0.2, 0) is 9.53 Å². The van der Waals surface area contributed by atoms with Gasteiger partial charge in [0, 0.05) is 32.3 Å². The summed E-state index contributed by atoms with van der Waals surface area (Å²) in [4.78, 5) is 14.1. The normalized spacial score (nSPS) is 13.6. The van der Waals surface area contributed by atoms with Gasteiger partial charge in [0.05, 0.1) is 12.6 Å². The number of carbonyl (C=O) groups excluding carboxylic acids is 1. The molecule has 0 radical (unpaired) electrons. The first-order valence-electron chi connectivity index (χ1n) is 7.05. The number of likely N-dealkylation sites (N-methyl/N-ethyl adjacent to an activating group) is 1. The number of nitrogens with one attached hydrogen (secondary N) is 2. The van der Waals surface area contributed by atoms with Gasteiger partial charge in [-0.1, -0.05) is 6.92 Å². The Labute approximate surface area is 118 Å². The molecule has 114 valence electrons. The summed E-state index contributed by atoms with van der Waals surface area (Å²) in [5.74, 6) is 0.0615. The minimum Gasteiger partial charge on any atom is -0.383 e. The maximum Gasteiger partial charge on any atom is 0.237 e. The summed E-state index contributed by atoms with van der Waals surface area (Å²) in [6, 6.07) is -0.165. The number of ether oxygens (including phenoxy) is 1. The van der Waals surface area contributed by atoms with Gasteiger partial charge in [-0.05, 0) is 34.2 Å². The zero-order valence-electron chi connectivity index (χ0n) is 13.4. The van der Waals surface area contributed by atoms with Gasteiger partial charge in [-0.15, -0.1) is 0 Å². The van der Waals surface area contributed by atoms with E-state index in [1.165, 1.54) is 0 Å². The highest BCUT2D eigenvalue weighted by molar-refractivity contribution is 5.81. The fraction of sp³-hybridized carbons (Fsp3) is 0.929. The fourth-order valence-corrected chi connectivity index (χ4v) is 1.45. The third kappa shape index (κ3) is 8.97. The van der Waals surface area contributed by atoms with E-state index in [1.54, 1.807) is 7.11 Å². The van der Waals surface area contributed by atoms with E-state index < -0.39 is 0 Å². The molecule has 0 aliphatic heterocycles. The summed E-state index contributed by atoms with van der Waals surface area (Å²) in [6.07, 6.45) is 0.922. The largest absolute Gasteiger partial charge is 0.383 e. The van der Waals surface area contributed by atoms with E-state index >= 15 is 0 Å². The average Bonchev–Trinajstić information content (AvgIpc) is 2.35. The topological polar surface area (TPSA) is 53.6 Å². The van der Waals surface area contributed by atoms with E-state index in [4.69, 9.17) is 4.74 Å². The first-order valence-corrected chi connectivity index (χ1v) is 7.05. The lowest BCUT2D eigenvalue weighted by Crippen LogP contribution is -2.51. The van der Waals surface area contributed by atoms with Crippen LogP contribution in [0.2, 0.25) is 0 Å². The van der Waals surface area contributed by atoms with Crippen molar-refractivity contribution in [3.05, 3.63) is 0 Å². The number of nitrogens with zero attached hydrogens (tertiary/aromatic N) is 1.